The monoisotopic (exact) mass is 384 g/mol. The van der Waals surface area contributed by atoms with Crippen molar-refractivity contribution in [1.82, 2.24) is 8.87 Å². The molecule has 2 atom stereocenters. The van der Waals surface area contributed by atoms with Crippen molar-refractivity contribution in [3.05, 3.63) is 65.1 Å². The Morgan fingerprint density at radius 1 is 1.07 bits per heavy atom. The highest BCUT2D eigenvalue weighted by Crippen LogP contribution is 2.47. The minimum atomic E-state index is -3.80. The molecule has 0 amide bonds. The summed E-state index contributed by atoms with van der Waals surface area (Å²) in [4.78, 5) is 2.51. The van der Waals surface area contributed by atoms with Crippen LogP contribution in [-0.2, 0) is 16.4 Å². The summed E-state index contributed by atoms with van der Waals surface area (Å²) in [6.07, 6.45) is 2.86. The van der Waals surface area contributed by atoms with Gasteiger partial charge in [-0.3, -0.25) is 4.90 Å². The minimum Gasteiger partial charge on any atom is -0.296 e. The first-order chi connectivity index (χ1) is 12.9. The van der Waals surface area contributed by atoms with Gasteiger partial charge in [0.15, 0.2) is 0 Å². The molecule has 5 rings (SSSR count). The Balaban J connectivity index is 1.84. The largest absolute Gasteiger partial charge is 0.296 e. The summed E-state index contributed by atoms with van der Waals surface area (Å²) in [5, 5.41) is 1.02. The van der Waals surface area contributed by atoms with Crippen LogP contribution in [0, 0.1) is 12.7 Å². The maximum absolute atomic E-state index is 13.5. The zero-order valence-corrected chi connectivity index (χ0v) is 16.1. The van der Waals surface area contributed by atoms with E-state index in [1.54, 1.807) is 0 Å². The molecule has 2 aliphatic rings. The molecule has 0 aliphatic carbocycles. The van der Waals surface area contributed by atoms with Gasteiger partial charge in [0, 0.05) is 29.6 Å². The van der Waals surface area contributed by atoms with Crippen LogP contribution in [0.2, 0.25) is 0 Å². The van der Waals surface area contributed by atoms with Crippen molar-refractivity contribution in [2.45, 2.75) is 43.2 Å². The van der Waals surface area contributed by atoms with Crippen LogP contribution in [-0.4, -0.2) is 30.4 Å². The lowest BCUT2D eigenvalue weighted by molar-refractivity contribution is 0.224. The SMILES string of the molecule is Cc1ccc2c(c1)c1c(n2S(=O)(=O)c2ccc(F)cc2)CC2CCC1N2C. The summed E-state index contributed by atoms with van der Waals surface area (Å²) in [6.45, 7) is 2.03. The maximum atomic E-state index is 13.5. The van der Waals surface area contributed by atoms with E-state index in [0.717, 1.165) is 47.0 Å². The van der Waals surface area contributed by atoms with E-state index in [2.05, 4.69) is 18.0 Å². The molecular weight excluding hydrogens is 363 g/mol. The molecule has 27 heavy (non-hydrogen) atoms. The summed E-state index contributed by atoms with van der Waals surface area (Å²) >= 11 is 0. The van der Waals surface area contributed by atoms with Crippen LogP contribution in [0.1, 0.15) is 35.7 Å². The normalized spacial score (nSPS) is 22.3. The van der Waals surface area contributed by atoms with Crippen LogP contribution in [0.15, 0.2) is 47.4 Å². The second-order valence-corrected chi connectivity index (χ2v) is 9.51. The molecule has 140 valence electrons. The Bertz CT molecular complexity index is 1170. The summed E-state index contributed by atoms with van der Waals surface area (Å²) in [5.74, 6) is -0.441. The smallest absolute Gasteiger partial charge is 0.268 e. The van der Waals surface area contributed by atoms with E-state index in [0.29, 0.717) is 6.04 Å². The summed E-state index contributed by atoms with van der Waals surface area (Å²) in [6, 6.07) is 11.7. The Morgan fingerprint density at radius 2 is 1.81 bits per heavy atom. The highest BCUT2D eigenvalue weighted by molar-refractivity contribution is 7.90. The van der Waals surface area contributed by atoms with Gasteiger partial charge in [0.05, 0.1) is 10.4 Å². The number of aryl methyl sites for hydroxylation is 1. The predicted octanol–water partition coefficient (Wildman–Crippen LogP) is 4.02. The fraction of sp³-hybridized carbons (Fsp3) is 0.333. The van der Waals surface area contributed by atoms with Gasteiger partial charge in [-0.25, -0.2) is 16.8 Å². The molecule has 3 aromatic rings. The topological polar surface area (TPSA) is 42.3 Å². The average Bonchev–Trinajstić information content (AvgIpc) is 3.06. The lowest BCUT2D eigenvalue weighted by Crippen LogP contribution is -2.35. The molecule has 0 radical (unpaired) electrons. The molecule has 1 saturated heterocycles. The summed E-state index contributed by atoms with van der Waals surface area (Å²) in [5.41, 5.74) is 3.88. The van der Waals surface area contributed by atoms with Crippen molar-refractivity contribution in [2.75, 3.05) is 7.05 Å². The van der Waals surface area contributed by atoms with Gasteiger partial charge < -0.3 is 0 Å². The number of aromatic nitrogens is 1. The van der Waals surface area contributed by atoms with Gasteiger partial charge in [0.25, 0.3) is 10.0 Å². The third-order valence-electron chi connectivity index (χ3n) is 6.17. The van der Waals surface area contributed by atoms with Crippen molar-refractivity contribution < 1.29 is 12.8 Å². The zero-order chi connectivity index (χ0) is 18.9. The van der Waals surface area contributed by atoms with Crippen LogP contribution in [0.4, 0.5) is 4.39 Å². The molecule has 0 N–H and O–H groups in total. The first-order valence-electron chi connectivity index (χ1n) is 9.25. The van der Waals surface area contributed by atoms with E-state index >= 15 is 0 Å². The first-order valence-corrected chi connectivity index (χ1v) is 10.7. The van der Waals surface area contributed by atoms with Crippen LogP contribution in [0.25, 0.3) is 10.9 Å². The highest BCUT2D eigenvalue weighted by atomic mass is 32.2. The molecular formula is C21H21FN2O2S. The molecule has 0 spiro atoms. The van der Waals surface area contributed by atoms with E-state index in [-0.39, 0.29) is 10.9 Å². The number of rotatable bonds is 2. The van der Waals surface area contributed by atoms with Crippen molar-refractivity contribution in [1.29, 1.82) is 0 Å². The van der Waals surface area contributed by atoms with E-state index in [1.165, 1.54) is 28.2 Å². The van der Waals surface area contributed by atoms with Gasteiger partial charge in [-0.1, -0.05) is 11.6 Å². The van der Waals surface area contributed by atoms with Crippen molar-refractivity contribution in [3.63, 3.8) is 0 Å². The minimum absolute atomic E-state index is 0.121. The van der Waals surface area contributed by atoms with Gasteiger partial charge in [-0.2, -0.15) is 0 Å². The number of hydrogen-bond donors (Lipinski definition) is 0. The Labute approximate surface area is 158 Å². The quantitative estimate of drug-likeness (QED) is 0.670. The van der Waals surface area contributed by atoms with Crippen LogP contribution in [0.5, 0.6) is 0 Å². The molecule has 4 nitrogen and oxygen atoms in total. The van der Waals surface area contributed by atoms with Crippen molar-refractivity contribution >= 4 is 20.9 Å². The van der Waals surface area contributed by atoms with E-state index < -0.39 is 15.8 Å². The third-order valence-corrected chi connectivity index (χ3v) is 7.94. The molecule has 1 aromatic heterocycles. The van der Waals surface area contributed by atoms with Gasteiger partial charge in [0.2, 0.25) is 0 Å². The Morgan fingerprint density at radius 3 is 2.56 bits per heavy atom. The maximum Gasteiger partial charge on any atom is 0.268 e. The number of hydrogen-bond acceptors (Lipinski definition) is 3. The summed E-state index contributed by atoms with van der Waals surface area (Å²) in [7, 11) is -1.66. The number of halogens is 1. The molecule has 2 bridgehead atoms. The zero-order valence-electron chi connectivity index (χ0n) is 15.3. The third kappa shape index (κ3) is 2.33. The average molecular weight is 384 g/mol. The van der Waals surface area contributed by atoms with E-state index in [9.17, 15) is 12.8 Å². The molecule has 0 saturated carbocycles. The standard InChI is InChI=1S/C21H21FN2O2S/c1-13-3-9-18-17(11-13)21-19-10-6-15(23(19)2)12-20(21)24(18)27(25,26)16-7-4-14(22)5-8-16/h3-5,7-9,11,15,19H,6,10,12H2,1-2H3. The van der Waals surface area contributed by atoms with Crippen molar-refractivity contribution in [2.24, 2.45) is 0 Å². The van der Waals surface area contributed by atoms with E-state index in [4.69, 9.17) is 0 Å². The highest BCUT2D eigenvalue weighted by Gasteiger charge is 2.42. The Kier molecular flexibility index (Phi) is 3.55. The van der Waals surface area contributed by atoms with Gasteiger partial charge in [-0.15, -0.1) is 0 Å². The first kappa shape index (κ1) is 17.0. The van der Waals surface area contributed by atoms with Gasteiger partial charge in [-0.05, 0) is 68.8 Å². The molecule has 6 heteroatoms. The molecule has 2 aromatic carbocycles. The lowest BCUT2D eigenvalue weighted by atomic mass is 9.97. The van der Waals surface area contributed by atoms with Gasteiger partial charge >= 0.3 is 0 Å². The molecule has 2 unspecified atom stereocenters. The fourth-order valence-corrected chi connectivity index (χ4v) is 6.41. The van der Waals surface area contributed by atoms with Crippen LogP contribution < -0.4 is 0 Å². The fourth-order valence-electron chi connectivity index (χ4n) is 4.83. The molecule has 2 aliphatic heterocycles. The van der Waals surface area contributed by atoms with Crippen LogP contribution in [0.3, 0.4) is 0 Å². The van der Waals surface area contributed by atoms with E-state index in [1.807, 2.05) is 19.1 Å². The van der Waals surface area contributed by atoms with Crippen LogP contribution >= 0.6 is 0 Å². The number of fused-ring (bicyclic) bond motifs is 6. The molecule has 3 heterocycles. The number of nitrogens with zero attached hydrogens (tertiary/aromatic N) is 2. The molecule has 1 fully saturated rings. The Hall–Kier alpha value is -2.18. The van der Waals surface area contributed by atoms with Crippen molar-refractivity contribution in [3.8, 4) is 0 Å². The number of likely N-dealkylation sites (N-methyl/N-ethyl adjacent to an activating group) is 1. The predicted molar refractivity (Wildman–Crippen MR) is 103 cm³/mol. The number of benzene rings is 2. The summed E-state index contributed by atoms with van der Waals surface area (Å²) < 4.78 is 41.9. The van der Waals surface area contributed by atoms with Gasteiger partial charge in [0.1, 0.15) is 5.82 Å². The second kappa shape index (κ2) is 5.66. The lowest BCUT2D eigenvalue weighted by Gasteiger charge is -2.32. The second-order valence-electron chi connectivity index (χ2n) is 7.72.